The molecule has 0 radical (unpaired) electrons. The van der Waals surface area contributed by atoms with E-state index in [0.29, 0.717) is 0 Å². The normalized spacial score (nSPS) is 21.2. The Bertz CT molecular complexity index is 449. The highest BCUT2D eigenvalue weighted by atomic mass is 32.2. The fourth-order valence-corrected chi connectivity index (χ4v) is 3.46. The monoisotopic (exact) mass is 243 g/mol. The Morgan fingerprint density at radius 2 is 2.00 bits per heavy atom. The molecule has 1 N–H and O–H groups in total. The van der Waals surface area contributed by atoms with Crippen LogP contribution in [0.5, 0.6) is 0 Å². The van der Waals surface area contributed by atoms with Crippen molar-refractivity contribution >= 4 is 9.84 Å². The van der Waals surface area contributed by atoms with Crippen LogP contribution in [0.25, 0.3) is 0 Å². The smallest absolute Gasteiger partial charge is 0.179 e. The molecule has 1 fully saturated rings. The summed E-state index contributed by atoms with van der Waals surface area (Å²) < 4.78 is 36.5. The van der Waals surface area contributed by atoms with E-state index in [1.54, 1.807) is 0 Å². The van der Waals surface area contributed by atoms with Gasteiger partial charge in [-0.05, 0) is 43.7 Å². The summed E-state index contributed by atoms with van der Waals surface area (Å²) in [5.41, 5.74) is 0. The number of benzene rings is 1. The van der Waals surface area contributed by atoms with Crippen LogP contribution >= 0.6 is 0 Å². The van der Waals surface area contributed by atoms with Crippen LogP contribution in [0.3, 0.4) is 0 Å². The van der Waals surface area contributed by atoms with Gasteiger partial charge in [0.1, 0.15) is 5.82 Å². The van der Waals surface area contributed by atoms with Crippen molar-refractivity contribution in [2.75, 3.05) is 12.3 Å². The first-order valence-electron chi connectivity index (χ1n) is 5.30. The van der Waals surface area contributed by atoms with E-state index in [2.05, 4.69) is 5.32 Å². The molecule has 2 rings (SSSR count). The number of sulfone groups is 1. The summed E-state index contributed by atoms with van der Waals surface area (Å²) in [6.45, 7) is 0.879. The highest BCUT2D eigenvalue weighted by molar-refractivity contribution is 7.91. The number of hydrogen-bond donors (Lipinski definition) is 1. The fourth-order valence-electron chi connectivity index (χ4n) is 1.90. The molecule has 1 aromatic carbocycles. The Morgan fingerprint density at radius 1 is 1.31 bits per heavy atom. The zero-order valence-electron chi connectivity index (χ0n) is 8.82. The summed E-state index contributed by atoms with van der Waals surface area (Å²) in [6.07, 6.45) is 1.91. The fraction of sp³-hybridized carbons (Fsp3) is 0.455. The second-order valence-electron chi connectivity index (χ2n) is 4.03. The van der Waals surface area contributed by atoms with Crippen LogP contribution in [0.15, 0.2) is 29.2 Å². The summed E-state index contributed by atoms with van der Waals surface area (Å²) in [6, 6.07) is 5.03. The van der Waals surface area contributed by atoms with E-state index in [1.165, 1.54) is 24.3 Å². The minimum Gasteiger partial charge on any atom is -0.313 e. The lowest BCUT2D eigenvalue weighted by molar-refractivity contribution is 0.576. The zero-order valence-corrected chi connectivity index (χ0v) is 9.63. The average Bonchev–Trinajstić information content (AvgIpc) is 2.70. The summed E-state index contributed by atoms with van der Waals surface area (Å²) in [5.74, 6) is -0.323. The third-order valence-corrected chi connectivity index (χ3v) is 4.59. The lowest BCUT2D eigenvalue weighted by Crippen LogP contribution is -2.29. The van der Waals surface area contributed by atoms with E-state index in [-0.39, 0.29) is 16.7 Å². The van der Waals surface area contributed by atoms with Gasteiger partial charge in [0.2, 0.25) is 0 Å². The first kappa shape index (κ1) is 11.5. The minimum atomic E-state index is -3.29. The zero-order chi connectivity index (χ0) is 11.6. The van der Waals surface area contributed by atoms with Crippen LogP contribution in [0, 0.1) is 5.82 Å². The number of halogens is 1. The van der Waals surface area contributed by atoms with E-state index < -0.39 is 15.7 Å². The molecule has 16 heavy (non-hydrogen) atoms. The van der Waals surface area contributed by atoms with Crippen molar-refractivity contribution in [1.82, 2.24) is 5.32 Å². The molecule has 1 saturated heterocycles. The van der Waals surface area contributed by atoms with Crippen LogP contribution in [-0.4, -0.2) is 26.8 Å². The topological polar surface area (TPSA) is 46.2 Å². The highest BCUT2D eigenvalue weighted by Crippen LogP contribution is 2.16. The van der Waals surface area contributed by atoms with Crippen LogP contribution in [-0.2, 0) is 9.84 Å². The van der Waals surface area contributed by atoms with Crippen LogP contribution in [0.4, 0.5) is 4.39 Å². The maximum Gasteiger partial charge on any atom is 0.179 e. The molecule has 1 heterocycles. The molecular weight excluding hydrogens is 229 g/mol. The Labute approximate surface area is 94.6 Å². The van der Waals surface area contributed by atoms with Crippen LogP contribution < -0.4 is 5.32 Å². The van der Waals surface area contributed by atoms with E-state index in [0.717, 1.165) is 19.4 Å². The van der Waals surface area contributed by atoms with Gasteiger partial charge in [-0.3, -0.25) is 0 Å². The summed E-state index contributed by atoms with van der Waals surface area (Å²) >= 11 is 0. The van der Waals surface area contributed by atoms with Gasteiger partial charge in [0.05, 0.1) is 10.6 Å². The number of rotatable bonds is 3. The van der Waals surface area contributed by atoms with E-state index >= 15 is 0 Å². The molecule has 0 aromatic heterocycles. The van der Waals surface area contributed by atoms with E-state index in [4.69, 9.17) is 0 Å². The Morgan fingerprint density at radius 3 is 2.56 bits per heavy atom. The molecule has 0 aliphatic carbocycles. The molecule has 0 amide bonds. The number of hydrogen-bond acceptors (Lipinski definition) is 3. The predicted octanol–water partition coefficient (Wildman–Crippen LogP) is 1.35. The first-order chi connectivity index (χ1) is 7.58. The van der Waals surface area contributed by atoms with Crippen molar-refractivity contribution in [3.63, 3.8) is 0 Å². The summed E-state index contributed by atoms with van der Waals surface area (Å²) in [7, 11) is -3.29. The second-order valence-corrected chi connectivity index (χ2v) is 6.06. The van der Waals surface area contributed by atoms with Gasteiger partial charge in [-0.1, -0.05) is 0 Å². The average molecular weight is 243 g/mol. The van der Waals surface area contributed by atoms with Gasteiger partial charge in [-0.15, -0.1) is 0 Å². The van der Waals surface area contributed by atoms with Gasteiger partial charge in [-0.25, -0.2) is 12.8 Å². The molecule has 5 heteroatoms. The molecule has 0 bridgehead atoms. The second kappa shape index (κ2) is 4.51. The molecule has 1 aromatic rings. The maximum absolute atomic E-state index is 12.7. The molecular formula is C11H14FNO2S. The third kappa shape index (κ3) is 2.59. The van der Waals surface area contributed by atoms with Gasteiger partial charge in [0.15, 0.2) is 9.84 Å². The molecule has 1 aliphatic rings. The third-order valence-electron chi connectivity index (χ3n) is 2.76. The van der Waals surface area contributed by atoms with Gasteiger partial charge in [0.25, 0.3) is 0 Å². The molecule has 1 aliphatic heterocycles. The van der Waals surface area contributed by atoms with E-state index in [1.807, 2.05) is 0 Å². The lowest BCUT2D eigenvalue weighted by Gasteiger charge is -2.10. The van der Waals surface area contributed by atoms with Gasteiger partial charge in [0, 0.05) is 6.04 Å². The van der Waals surface area contributed by atoms with Crippen molar-refractivity contribution in [1.29, 1.82) is 0 Å². The quantitative estimate of drug-likeness (QED) is 0.815. The molecule has 1 atom stereocenters. The van der Waals surface area contributed by atoms with Crippen LogP contribution in [0.1, 0.15) is 12.8 Å². The molecule has 88 valence electrons. The summed E-state index contributed by atoms with van der Waals surface area (Å²) in [5, 5.41) is 3.14. The number of nitrogens with one attached hydrogen (secondary N) is 1. The molecule has 0 saturated carbocycles. The Kier molecular flexibility index (Phi) is 3.25. The molecule has 3 nitrogen and oxygen atoms in total. The van der Waals surface area contributed by atoms with Gasteiger partial charge >= 0.3 is 0 Å². The first-order valence-corrected chi connectivity index (χ1v) is 6.95. The largest absolute Gasteiger partial charge is 0.313 e. The van der Waals surface area contributed by atoms with Crippen molar-refractivity contribution in [2.24, 2.45) is 0 Å². The van der Waals surface area contributed by atoms with E-state index in [9.17, 15) is 12.8 Å². The summed E-state index contributed by atoms with van der Waals surface area (Å²) in [4.78, 5) is 0.197. The SMILES string of the molecule is O=S(=O)(C[C@H]1CCCN1)c1ccc(F)cc1. The van der Waals surface area contributed by atoms with Crippen molar-refractivity contribution in [3.8, 4) is 0 Å². The minimum absolute atomic E-state index is 0.0371. The van der Waals surface area contributed by atoms with Gasteiger partial charge < -0.3 is 5.32 Å². The molecule has 0 unspecified atom stereocenters. The molecule has 0 spiro atoms. The Hall–Kier alpha value is -0.940. The van der Waals surface area contributed by atoms with Crippen LogP contribution in [0.2, 0.25) is 0 Å². The Balaban J connectivity index is 2.14. The predicted molar refractivity (Wildman–Crippen MR) is 59.5 cm³/mol. The van der Waals surface area contributed by atoms with Crippen molar-refractivity contribution in [2.45, 2.75) is 23.8 Å². The van der Waals surface area contributed by atoms with Crippen molar-refractivity contribution in [3.05, 3.63) is 30.1 Å². The van der Waals surface area contributed by atoms with Gasteiger partial charge in [-0.2, -0.15) is 0 Å². The maximum atomic E-state index is 12.7. The highest BCUT2D eigenvalue weighted by Gasteiger charge is 2.23. The standard InChI is InChI=1S/C11H14FNO2S/c12-9-3-5-11(6-4-9)16(14,15)8-10-2-1-7-13-10/h3-6,10,13H,1-2,7-8H2/t10-/m1/s1. The lowest BCUT2D eigenvalue weighted by atomic mass is 10.3. The van der Waals surface area contributed by atoms with Crippen molar-refractivity contribution < 1.29 is 12.8 Å².